The fourth-order valence-electron chi connectivity index (χ4n) is 2.25. The van der Waals surface area contributed by atoms with Crippen LogP contribution >= 0.6 is 23.2 Å². The molecule has 1 aliphatic rings. The summed E-state index contributed by atoms with van der Waals surface area (Å²) in [6.07, 6.45) is -1.18. The van der Waals surface area contributed by atoms with E-state index in [0.29, 0.717) is 15.6 Å². The summed E-state index contributed by atoms with van der Waals surface area (Å²) in [5, 5.41) is 0.590. The molecule has 2 aromatic carbocycles. The van der Waals surface area contributed by atoms with E-state index in [0.717, 1.165) is 0 Å². The van der Waals surface area contributed by atoms with Crippen LogP contribution in [-0.4, -0.2) is 14.2 Å². The highest BCUT2D eigenvalue weighted by molar-refractivity contribution is 7.86. The zero-order valence-electron chi connectivity index (χ0n) is 12.5. The van der Waals surface area contributed by atoms with E-state index >= 15 is 0 Å². The van der Waals surface area contributed by atoms with E-state index < -0.39 is 33.6 Å². The van der Waals surface area contributed by atoms with Crippen LogP contribution < -0.4 is 5.73 Å². The van der Waals surface area contributed by atoms with E-state index in [1.54, 1.807) is 6.07 Å². The topological polar surface area (TPSA) is 95.7 Å². The van der Waals surface area contributed by atoms with Crippen LogP contribution in [0.25, 0.3) is 0 Å². The summed E-state index contributed by atoms with van der Waals surface area (Å²) in [7, 11) is -4.22. The first kappa shape index (κ1) is 17.6. The third-order valence-corrected chi connectivity index (χ3v) is 5.02. The maximum atomic E-state index is 12.5. The lowest BCUT2D eigenvalue weighted by Gasteiger charge is -2.11. The van der Waals surface area contributed by atoms with E-state index in [4.69, 9.17) is 37.9 Å². The minimum atomic E-state index is -4.22. The Kier molecular flexibility index (Phi) is 4.64. The SMILES string of the molecule is NC1=C(OS(=O)(=O)c2ccccc2)C(=O)C(c2cc(Cl)cc(Cl)c2)O1. The van der Waals surface area contributed by atoms with Crippen molar-refractivity contribution in [3.8, 4) is 0 Å². The quantitative estimate of drug-likeness (QED) is 0.793. The van der Waals surface area contributed by atoms with Gasteiger partial charge >= 0.3 is 10.1 Å². The van der Waals surface area contributed by atoms with Gasteiger partial charge in [0.1, 0.15) is 4.90 Å². The summed E-state index contributed by atoms with van der Waals surface area (Å²) in [5.41, 5.74) is 5.97. The third-order valence-electron chi connectivity index (χ3n) is 3.34. The average molecular weight is 400 g/mol. The molecule has 1 atom stereocenters. The number of hydrogen-bond donors (Lipinski definition) is 1. The molecule has 1 aliphatic heterocycles. The fourth-order valence-corrected chi connectivity index (χ4v) is 3.76. The molecule has 9 heteroatoms. The van der Waals surface area contributed by atoms with Crippen molar-refractivity contribution in [3.63, 3.8) is 0 Å². The predicted molar refractivity (Wildman–Crippen MR) is 91.2 cm³/mol. The van der Waals surface area contributed by atoms with Gasteiger partial charge in [-0.2, -0.15) is 8.42 Å². The Bertz CT molecular complexity index is 953. The Balaban J connectivity index is 1.89. The first-order valence-electron chi connectivity index (χ1n) is 6.94. The van der Waals surface area contributed by atoms with Gasteiger partial charge in [0, 0.05) is 15.6 Å². The molecule has 0 saturated heterocycles. The number of hydrogen-bond acceptors (Lipinski definition) is 6. The smallest absolute Gasteiger partial charge is 0.339 e. The molecule has 2 N–H and O–H groups in total. The number of halogens is 2. The zero-order valence-corrected chi connectivity index (χ0v) is 14.8. The van der Waals surface area contributed by atoms with Crippen molar-refractivity contribution in [1.29, 1.82) is 0 Å². The number of ether oxygens (including phenoxy) is 1. The van der Waals surface area contributed by atoms with E-state index in [1.807, 2.05) is 0 Å². The van der Waals surface area contributed by atoms with Gasteiger partial charge in [0.05, 0.1) is 0 Å². The van der Waals surface area contributed by atoms with E-state index in [9.17, 15) is 13.2 Å². The van der Waals surface area contributed by atoms with Crippen molar-refractivity contribution in [2.75, 3.05) is 0 Å². The van der Waals surface area contributed by atoms with Gasteiger partial charge in [-0.25, -0.2) is 0 Å². The number of rotatable bonds is 4. The maximum absolute atomic E-state index is 12.5. The fraction of sp³-hybridized carbons (Fsp3) is 0.0625. The summed E-state index contributed by atoms with van der Waals surface area (Å²) in [5.74, 6) is -1.74. The van der Waals surface area contributed by atoms with Gasteiger partial charge in [-0.05, 0) is 30.3 Å². The molecular formula is C16H11Cl2NO5S. The molecule has 0 saturated carbocycles. The van der Waals surface area contributed by atoms with Crippen LogP contribution in [0.3, 0.4) is 0 Å². The van der Waals surface area contributed by atoms with Crippen molar-refractivity contribution in [2.45, 2.75) is 11.0 Å². The Labute approximate surface area is 153 Å². The monoisotopic (exact) mass is 399 g/mol. The second-order valence-electron chi connectivity index (χ2n) is 5.11. The molecular weight excluding hydrogens is 389 g/mol. The lowest BCUT2D eigenvalue weighted by Crippen LogP contribution is -2.15. The number of carbonyl (C=O) groups excluding carboxylic acids is 1. The van der Waals surface area contributed by atoms with Crippen molar-refractivity contribution in [2.24, 2.45) is 5.73 Å². The molecule has 0 bridgehead atoms. The van der Waals surface area contributed by atoms with Gasteiger partial charge in [-0.15, -0.1) is 0 Å². The van der Waals surface area contributed by atoms with Crippen LogP contribution in [0.15, 0.2) is 65.1 Å². The van der Waals surface area contributed by atoms with Gasteiger partial charge in [-0.1, -0.05) is 41.4 Å². The number of Topliss-reactive ketones (excluding diaryl/α,β-unsaturated/α-hetero) is 1. The number of ketones is 1. The average Bonchev–Trinajstić information content (AvgIpc) is 2.83. The Morgan fingerprint density at radius 2 is 1.64 bits per heavy atom. The van der Waals surface area contributed by atoms with Crippen LogP contribution in [0, 0.1) is 0 Å². The molecule has 130 valence electrons. The predicted octanol–water partition coefficient (Wildman–Crippen LogP) is 3.17. The Hall–Kier alpha value is -2.22. The number of carbonyl (C=O) groups is 1. The van der Waals surface area contributed by atoms with Crippen LogP contribution in [0.1, 0.15) is 11.7 Å². The lowest BCUT2D eigenvalue weighted by molar-refractivity contribution is -0.123. The normalized spacial score (nSPS) is 17.5. The highest BCUT2D eigenvalue weighted by Gasteiger charge is 2.40. The second-order valence-corrected chi connectivity index (χ2v) is 7.53. The Morgan fingerprint density at radius 3 is 2.24 bits per heavy atom. The standard InChI is InChI=1S/C16H11Cl2NO5S/c17-10-6-9(7-11(18)8-10)14-13(20)15(16(19)23-14)24-25(21,22)12-4-2-1-3-5-12/h1-8,14H,19H2. The molecule has 3 rings (SSSR count). The molecule has 6 nitrogen and oxygen atoms in total. The largest absolute Gasteiger partial charge is 0.460 e. The van der Waals surface area contributed by atoms with Crippen molar-refractivity contribution in [3.05, 3.63) is 75.8 Å². The summed E-state index contributed by atoms with van der Waals surface area (Å²) in [6.45, 7) is 0. The molecule has 25 heavy (non-hydrogen) atoms. The summed E-state index contributed by atoms with van der Waals surface area (Å²) < 4.78 is 34.7. The van der Waals surface area contributed by atoms with Gasteiger partial charge in [-0.3, -0.25) is 4.79 Å². The molecule has 2 aromatic rings. The maximum Gasteiger partial charge on any atom is 0.339 e. The highest BCUT2D eigenvalue weighted by Crippen LogP contribution is 2.35. The van der Waals surface area contributed by atoms with Crippen LogP contribution in [-0.2, 0) is 23.8 Å². The van der Waals surface area contributed by atoms with Crippen molar-refractivity contribution < 1.29 is 22.1 Å². The van der Waals surface area contributed by atoms with Gasteiger partial charge in [0.25, 0.3) is 0 Å². The van der Waals surface area contributed by atoms with E-state index in [2.05, 4.69) is 0 Å². The van der Waals surface area contributed by atoms with Crippen LogP contribution in [0.2, 0.25) is 10.0 Å². The number of nitrogens with two attached hydrogens (primary N) is 1. The first-order valence-corrected chi connectivity index (χ1v) is 9.10. The molecule has 1 heterocycles. The minimum absolute atomic E-state index is 0.114. The molecule has 0 spiro atoms. The van der Waals surface area contributed by atoms with Crippen LogP contribution in [0.4, 0.5) is 0 Å². The van der Waals surface area contributed by atoms with Gasteiger partial charge in [0.15, 0.2) is 6.10 Å². The van der Waals surface area contributed by atoms with E-state index in [1.165, 1.54) is 42.5 Å². The molecule has 1 unspecified atom stereocenters. The molecule has 0 amide bonds. The molecule has 0 aliphatic carbocycles. The Morgan fingerprint density at radius 1 is 1.04 bits per heavy atom. The summed E-state index contributed by atoms with van der Waals surface area (Å²) in [6, 6.07) is 11.8. The second kappa shape index (κ2) is 6.59. The van der Waals surface area contributed by atoms with E-state index in [-0.39, 0.29) is 4.90 Å². The van der Waals surface area contributed by atoms with Crippen molar-refractivity contribution in [1.82, 2.24) is 0 Å². The molecule has 0 fully saturated rings. The van der Waals surface area contributed by atoms with Crippen molar-refractivity contribution >= 4 is 39.1 Å². The van der Waals surface area contributed by atoms with Gasteiger partial charge < -0.3 is 14.7 Å². The number of benzene rings is 2. The van der Waals surface area contributed by atoms with Gasteiger partial charge in [0.2, 0.25) is 17.4 Å². The molecule has 0 radical (unpaired) electrons. The summed E-state index contributed by atoms with van der Waals surface area (Å²) >= 11 is 11.8. The molecule has 0 aromatic heterocycles. The summed E-state index contributed by atoms with van der Waals surface area (Å²) in [4.78, 5) is 12.4. The lowest BCUT2D eigenvalue weighted by atomic mass is 10.1. The van der Waals surface area contributed by atoms with Crippen LogP contribution in [0.5, 0.6) is 0 Å². The third kappa shape index (κ3) is 3.58. The highest BCUT2D eigenvalue weighted by atomic mass is 35.5. The first-order chi connectivity index (χ1) is 11.8. The minimum Gasteiger partial charge on any atom is -0.460 e. The zero-order chi connectivity index (χ0) is 18.2.